The SMILES string of the molecule is CC[C@@H](c1nnc(S[C@@H](C)C(=O)Nc2ccc(NC(C)=O)cc2)n1Cc1ccccc1)N(C)C. The van der Waals surface area contributed by atoms with Crippen molar-refractivity contribution in [2.24, 2.45) is 0 Å². The van der Waals surface area contributed by atoms with Gasteiger partial charge in [0.2, 0.25) is 11.8 Å². The molecule has 3 aromatic rings. The number of amides is 2. The Bertz CT molecular complexity index is 1100. The van der Waals surface area contributed by atoms with Gasteiger partial charge in [0.05, 0.1) is 17.8 Å². The van der Waals surface area contributed by atoms with E-state index in [4.69, 9.17) is 0 Å². The van der Waals surface area contributed by atoms with Crippen LogP contribution in [0.2, 0.25) is 0 Å². The number of thioether (sulfide) groups is 1. The molecule has 8 nitrogen and oxygen atoms in total. The molecule has 2 aromatic carbocycles. The zero-order valence-electron chi connectivity index (χ0n) is 20.3. The highest BCUT2D eigenvalue weighted by molar-refractivity contribution is 8.00. The summed E-state index contributed by atoms with van der Waals surface area (Å²) in [4.78, 5) is 26.2. The number of benzene rings is 2. The molecule has 9 heteroatoms. The van der Waals surface area contributed by atoms with Crippen molar-refractivity contribution in [1.29, 1.82) is 0 Å². The van der Waals surface area contributed by atoms with E-state index in [9.17, 15) is 9.59 Å². The molecule has 2 atom stereocenters. The summed E-state index contributed by atoms with van der Waals surface area (Å²) in [5, 5.41) is 14.9. The van der Waals surface area contributed by atoms with E-state index < -0.39 is 0 Å². The number of carbonyl (C=O) groups is 2. The maximum Gasteiger partial charge on any atom is 0.237 e. The second-order valence-electron chi connectivity index (χ2n) is 8.31. The van der Waals surface area contributed by atoms with Gasteiger partial charge in [-0.15, -0.1) is 10.2 Å². The average Bonchev–Trinajstić information content (AvgIpc) is 3.17. The van der Waals surface area contributed by atoms with Crippen molar-refractivity contribution in [3.63, 3.8) is 0 Å². The van der Waals surface area contributed by atoms with Gasteiger partial charge < -0.3 is 15.2 Å². The number of aromatic nitrogens is 3. The third-order valence-corrected chi connectivity index (χ3v) is 6.44. The fraction of sp³-hybridized carbons (Fsp3) is 0.360. The van der Waals surface area contributed by atoms with Crippen LogP contribution in [0.15, 0.2) is 59.8 Å². The van der Waals surface area contributed by atoms with Gasteiger partial charge in [-0.05, 0) is 57.3 Å². The Morgan fingerprint density at radius 2 is 1.62 bits per heavy atom. The average molecular weight is 481 g/mol. The van der Waals surface area contributed by atoms with E-state index >= 15 is 0 Å². The molecule has 3 rings (SSSR count). The summed E-state index contributed by atoms with van der Waals surface area (Å²) < 4.78 is 2.11. The summed E-state index contributed by atoms with van der Waals surface area (Å²) in [6, 6.07) is 17.3. The molecule has 0 fully saturated rings. The lowest BCUT2D eigenvalue weighted by atomic mass is 10.2. The first-order valence-corrected chi connectivity index (χ1v) is 12.1. The molecule has 1 aromatic heterocycles. The van der Waals surface area contributed by atoms with Crippen LogP contribution in [0.5, 0.6) is 0 Å². The number of hydrogen-bond acceptors (Lipinski definition) is 6. The van der Waals surface area contributed by atoms with Gasteiger partial charge in [-0.3, -0.25) is 14.5 Å². The van der Waals surface area contributed by atoms with Gasteiger partial charge in [-0.25, -0.2) is 0 Å². The van der Waals surface area contributed by atoms with Crippen molar-refractivity contribution in [3.8, 4) is 0 Å². The fourth-order valence-electron chi connectivity index (χ4n) is 3.62. The maximum absolute atomic E-state index is 12.9. The number of nitrogens with zero attached hydrogens (tertiary/aromatic N) is 4. The number of nitrogens with one attached hydrogen (secondary N) is 2. The fourth-order valence-corrected chi connectivity index (χ4v) is 4.48. The standard InChI is InChI=1S/C25H32N6O2S/c1-6-22(30(4)5)23-28-29-25(31(23)16-19-10-8-7-9-11-19)34-17(2)24(33)27-21-14-12-20(13-15-21)26-18(3)32/h7-15,17,22H,6,16H2,1-5H3,(H,26,32)(H,27,33)/t17-,22-/m0/s1. The van der Waals surface area contributed by atoms with Crippen LogP contribution in [0, 0.1) is 0 Å². The molecule has 0 saturated heterocycles. The lowest BCUT2D eigenvalue weighted by Crippen LogP contribution is -2.25. The van der Waals surface area contributed by atoms with E-state index in [2.05, 4.69) is 49.4 Å². The molecule has 180 valence electrons. The van der Waals surface area contributed by atoms with Gasteiger partial charge in [0, 0.05) is 18.3 Å². The third-order valence-electron chi connectivity index (χ3n) is 5.36. The second kappa shape index (κ2) is 11.8. The molecule has 34 heavy (non-hydrogen) atoms. The first-order chi connectivity index (χ1) is 16.3. The van der Waals surface area contributed by atoms with Crippen LogP contribution in [0.1, 0.15) is 44.6 Å². The van der Waals surface area contributed by atoms with Crippen molar-refractivity contribution in [1.82, 2.24) is 19.7 Å². The Labute approximate surface area is 205 Å². The van der Waals surface area contributed by atoms with Crippen LogP contribution in [-0.2, 0) is 16.1 Å². The molecule has 2 amide bonds. The molecule has 0 aliphatic carbocycles. The van der Waals surface area contributed by atoms with E-state index in [1.54, 1.807) is 24.3 Å². The highest BCUT2D eigenvalue weighted by atomic mass is 32.2. The van der Waals surface area contributed by atoms with Gasteiger partial charge in [-0.2, -0.15) is 0 Å². The molecule has 0 spiro atoms. The second-order valence-corrected chi connectivity index (χ2v) is 9.62. The van der Waals surface area contributed by atoms with Gasteiger partial charge in [0.15, 0.2) is 11.0 Å². The molecule has 0 unspecified atom stereocenters. The first-order valence-electron chi connectivity index (χ1n) is 11.3. The largest absolute Gasteiger partial charge is 0.326 e. The highest BCUT2D eigenvalue weighted by Crippen LogP contribution is 2.29. The molecule has 2 N–H and O–H groups in total. The van der Waals surface area contributed by atoms with Crippen LogP contribution >= 0.6 is 11.8 Å². The van der Waals surface area contributed by atoms with Crippen molar-refractivity contribution in [3.05, 3.63) is 66.0 Å². The quantitative estimate of drug-likeness (QED) is 0.418. The van der Waals surface area contributed by atoms with Crippen molar-refractivity contribution in [2.75, 3.05) is 24.7 Å². The summed E-state index contributed by atoms with van der Waals surface area (Å²) in [5.41, 5.74) is 2.49. The van der Waals surface area contributed by atoms with Crippen molar-refractivity contribution >= 4 is 35.0 Å². The number of anilines is 2. The van der Waals surface area contributed by atoms with Crippen LogP contribution in [0.25, 0.3) is 0 Å². The number of carbonyl (C=O) groups excluding carboxylic acids is 2. The molecule has 0 saturated carbocycles. The molecule has 1 heterocycles. The molecule has 0 bridgehead atoms. The van der Waals surface area contributed by atoms with Crippen LogP contribution in [0.4, 0.5) is 11.4 Å². The molecule has 0 radical (unpaired) electrons. The van der Waals surface area contributed by atoms with E-state index in [0.29, 0.717) is 23.1 Å². The van der Waals surface area contributed by atoms with Gasteiger partial charge >= 0.3 is 0 Å². The Morgan fingerprint density at radius 3 is 2.18 bits per heavy atom. The molecular weight excluding hydrogens is 448 g/mol. The summed E-state index contributed by atoms with van der Waals surface area (Å²) in [5.74, 6) is 0.619. The van der Waals surface area contributed by atoms with E-state index in [1.165, 1.54) is 18.7 Å². The lowest BCUT2D eigenvalue weighted by molar-refractivity contribution is -0.115. The minimum Gasteiger partial charge on any atom is -0.326 e. The molecular formula is C25H32N6O2S. The monoisotopic (exact) mass is 480 g/mol. The normalized spacial score (nSPS) is 12.9. The zero-order valence-corrected chi connectivity index (χ0v) is 21.1. The van der Waals surface area contributed by atoms with Crippen LogP contribution in [0.3, 0.4) is 0 Å². The Kier molecular flexibility index (Phi) is 8.84. The van der Waals surface area contributed by atoms with Gasteiger partial charge in [0.25, 0.3) is 0 Å². The molecule has 0 aliphatic heterocycles. The summed E-state index contributed by atoms with van der Waals surface area (Å²) in [6.07, 6.45) is 0.898. The predicted octanol–water partition coefficient (Wildman–Crippen LogP) is 4.42. The topological polar surface area (TPSA) is 92.1 Å². The number of rotatable bonds is 10. The summed E-state index contributed by atoms with van der Waals surface area (Å²) >= 11 is 1.39. The van der Waals surface area contributed by atoms with Crippen LogP contribution < -0.4 is 10.6 Å². The Hall–Kier alpha value is -3.17. The van der Waals surface area contributed by atoms with Crippen LogP contribution in [-0.4, -0.2) is 50.8 Å². The summed E-state index contributed by atoms with van der Waals surface area (Å²) in [7, 11) is 4.07. The smallest absolute Gasteiger partial charge is 0.237 e. The third kappa shape index (κ3) is 6.68. The zero-order chi connectivity index (χ0) is 24.7. The minimum atomic E-state index is -0.388. The van der Waals surface area contributed by atoms with Crippen molar-refractivity contribution in [2.45, 2.75) is 50.2 Å². The lowest BCUT2D eigenvalue weighted by Gasteiger charge is -2.23. The van der Waals surface area contributed by atoms with E-state index in [0.717, 1.165) is 17.8 Å². The Balaban J connectivity index is 1.77. The van der Waals surface area contributed by atoms with E-state index in [-0.39, 0.29) is 23.1 Å². The molecule has 0 aliphatic rings. The first kappa shape index (κ1) is 25.5. The van der Waals surface area contributed by atoms with Gasteiger partial charge in [-0.1, -0.05) is 49.0 Å². The predicted molar refractivity (Wildman–Crippen MR) is 137 cm³/mol. The number of hydrogen-bond donors (Lipinski definition) is 2. The van der Waals surface area contributed by atoms with Gasteiger partial charge in [0.1, 0.15) is 0 Å². The Morgan fingerprint density at radius 1 is 1.00 bits per heavy atom. The van der Waals surface area contributed by atoms with Crippen molar-refractivity contribution < 1.29 is 9.59 Å². The minimum absolute atomic E-state index is 0.122. The maximum atomic E-state index is 12.9. The highest BCUT2D eigenvalue weighted by Gasteiger charge is 2.25. The van der Waals surface area contributed by atoms with E-state index in [1.807, 2.05) is 39.2 Å². The summed E-state index contributed by atoms with van der Waals surface area (Å²) in [6.45, 7) is 6.08.